The van der Waals surface area contributed by atoms with Gasteiger partial charge in [-0.05, 0) is 40.0 Å². The maximum atomic E-state index is 12.0. The Balaban J connectivity index is 2.04. The van der Waals surface area contributed by atoms with Gasteiger partial charge in [0.15, 0.2) is 0 Å². The predicted molar refractivity (Wildman–Crippen MR) is 53.9 cm³/mol. The normalized spacial score (nSPS) is 36.1. The van der Waals surface area contributed by atoms with Gasteiger partial charge < -0.3 is 10.1 Å². The van der Waals surface area contributed by atoms with Gasteiger partial charge in [-0.1, -0.05) is 0 Å². The minimum absolute atomic E-state index is 0.00231. The Kier molecular flexibility index (Phi) is 2.11. The van der Waals surface area contributed by atoms with Gasteiger partial charge in [-0.2, -0.15) is 0 Å². The summed E-state index contributed by atoms with van der Waals surface area (Å²) in [4.78, 5) is 12.0. The Bertz CT molecular complexity index is 247. The van der Waals surface area contributed by atoms with E-state index in [9.17, 15) is 4.79 Å². The minimum atomic E-state index is -0.355. The number of rotatable bonds is 1. The molecular weight excluding hydrogens is 178 g/mol. The zero-order chi connectivity index (χ0) is 10.4. The topological polar surface area (TPSA) is 38.3 Å². The van der Waals surface area contributed by atoms with Crippen molar-refractivity contribution in [3.05, 3.63) is 0 Å². The molecule has 1 saturated heterocycles. The van der Waals surface area contributed by atoms with Gasteiger partial charge in [0.25, 0.3) is 0 Å². The first-order chi connectivity index (χ1) is 6.41. The Labute approximate surface area is 85.2 Å². The number of carbonyl (C=O) groups is 1. The average molecular weight is 197 g/mol. The van der Waals surface area contributed by atoms with Crippen LogP contribution in [0.15, 0.2) is 0 Å². The standard InChI is InChI=1S/C11H19NO2/c1-10(2,3)14-9(13)11-5-4-8(6-11)12-7-11/h8,12H,4-7H2,1-3H3. The SMILES string of the molecule is CC(C)(C)OC(=O)C12CCC(C1)NC2. The highest BCUT2D eigenvalue weighted by Gasteiger charge is 2.51. The number of hydrogen-bond donors (Lipinski definition) is 1. The van der Waals surface area contributed by atoms with Gasteiger partial charge in [-0.15, -0.1) is 0 Å². The van der Waals surface area contributed by atoms with E-state index >= 15 is 0 Å². The number of carbonyl (C=O) groups excluding carboxylic acids is 1. The number of piperidine rings is 1. The first kappa shape index (κ1) is 9.97. The van der Waals surface area contributed by atoms with Gasteiger partial charge in [-0.25, -0.2) is 0 Å². The van der Waals surface area contributed by atoms with Crippen LogP contribution in [0.3, 0.4) is 0 Å². The van der Waals surface area contributed by atoms with Crippen molar-refractivity contribution in [1.82, 2.24) is 5.32 Å². The lowest BCUT2D eigenvalue weighted by atomic mass is 9.87. The first-order valence-corrected chi connectivity index (χ1v) is 5.38. The van der Waals surface area contributed by atoms with Crippen molar-refractivity contribution >= 4 is 5.97 Å². The summed E-state index contributed by atoms with van der Waals surface area (Å²) in [6.45, 7) is 6.59. The lowest BCUT2D eigenvalue weighted by Gasteiger charge is -2.29. The fourth-order valence-corrected chi connectivity index (χ4v) is 2.44. The van der Waals surface area contributed by atoms with E-state index in [4.69, 9.17) is 4.74 Å². The molecule has 80 valence electrons. The molecule has 0 amide bonds. The van der Waals surface area contributed by atoms with Crippen LogP contribution < -0.4 is 5.32 Å². The molecule has 2 atom stereocenters. The molecular formula is C11H19NO2. The van der Waals surface area contributed by atoms with Gasteiger partial charge in [0.2, 0.25) is 0 Å². The van der Waals surface area contributed by atoms with Gasteiger partial charge in [0, 0.05) is 12.6 Å². The molecule has 2 bridgehead atoms. The number of hydrogen-bond acceptors (Lipinski definition) is 3. The van der Waals surface area contributed by atoms with Crippen LogP contribution in [0.1, 0.15) is 40.0 Å². The second-order valence-corrected chi connectivity index (χ2v) is 5.60. The van der Waals surface area contributed by atoms with Crippen molar-refractivity contribution in [2.45, 2.75) is 51.7 Å². The monoisotopic (exact) mass is 197 g/mol. The van der Waals surface area contributed by atoms with Crippen LogP contribution in [-0.2, 0) is 9.53 Å². The number of ether oxygens (including phenoxy) is 1. The molecule has 3 nitrogen and oxygen atoms in total. The first-order valence-electron chi connectivity index (χ1n) is 5.38. The Hall–Kier alpha value is -0.570. The molecule has 0 spiro atoms. The molecule has 0 aromatic rings. The lowest BCUT2D eigenvalue weighted by molar-refractivity contribution is -0.166. The highest BCUT2D eigenvalue weighted by molar-refractivity contribution is 5.78. The third-order valence-electron chi connectivity index (χ3n) is 3.17. The fraction of sp³-hybridized carbons (Fsp3) is 0.909. The summed E-state index contributed by atoms with van der Waals surface area (Å²) in [5.41, 5.74) is -0.551. The average Bonchev–Trinajstić information content (AvgIpc) is 2.60. The number of nitrogens with one attached hydrogen (secondary N) is 1. The van der Waals surface area contributed by atoms with E-state index in [0.29, 0.717) is 6.04 Å². The molecule has 0 radical (unpaired) electrons. The maximum Gasteiger partial charge on any atom is 0.313 e. The fourth-order valence-electron chi connectivity index (χ4n) is 2.44. The molecule has 14 heavy (non-hydrogen) atoms. The van der Waals surface area contributed by atoms with E-state index in [1.807, 2.05) is 20.8 Å². The molecule has 2 unspecified atom stereocenters. The third-order valence-corrected chi connectivity index (χ3v) is 3.17. The second kappa shape index (κ2) is 2.96. The van der Waals surface area contributed by atoms with Crippen LogP contribution in [0, 0.1) is 5.41 Å². The Morgan fingerprint density at radius 2 is 2.21 bits per heavy atom. The molecule has 0 aromatic carbocycles. The van der Waals surface area contributed by atoms with Crippen molar-refractivity contribution in [2.75, 3.05) is 6.54 Å². The van der Waals surface area contributed by atoms with Crippen LogP contribution in [-0.4, -0.2) is 24.2 Å². The quantitative estimate of drug-likeness (QED) is 0.647. The van der Waals surface area contributed by atoms with Crippen LogP contribution in [0.4, 0.5) is 0 Å². The van der Waals surface area contributed by atoms with Crippen molar-refractivity contribution in [3.8, 4) is 0 Å². The molecule has 1 N–H and O–H groups in total. The molecule has 3 heteroatoms. The van der Waals surface area contributed by atoms with E-state index in [1.54, 1.807) is 0 Å². The highest BCUT2D eigenvalue weighted by atomic mass is 16.6. The minimum Gasteiger partial charge on any atom is -0.460 e. The van der Waals surface area contributed by atoms with E-state index in [2.05, 4.69) is 5.32 Å². The summed E-state index contributed by atoms with van der Waals surface area (Å²) in [6, 6.07) is 0.558. The zero-order valence-electron chi connectivity index (χ0n) is 9.22. The maximum absolute atomic E-state index is 12.0. The molecule has 2 rings (SSSR count). The van der Waals surface area contributed by atoms with Crippen molar-refractivity contribution in [1.29, 1.82) is 0 Å². The zero-order valence-corrected chi connectivity index (χ0v) is 9.22. The smallest absolute Gasteiger partial charge is 0.313 e. The van der Waals surface area contributed by atoms with Crippen LogP contribution in [0.2, 0.25) is 0 Å². The summed E-state index contributed by atoms with van der Waals surface area (Å²) >= 11 is 0. The van der Waals surface area contributed by atoms with Gasteiger partial charge in [0.05, 0.1) is 5.41 Å². The van der Waals surface area contributed by atoms with Gasteiger partial charge in [-0.3, -0.25) is 4.79 Å². The highest BCUT2D eigenvalue weighted by Crippen LogP contribution is 2.44. The Morgan fingerprint density at radius 1 is 1.50 bits per heavy atom. The summed E-state index contributed by atoms with van der Waals surface area (Å²) in [5, 5.41) is 3.36. The molecule has 1 saturated carbocycles. The third kappa shape index (κ3) is 1.65. The molecule has 2 fully saturated rings. The summed E-state index contributed by atoms with van der Waals surface area (Å²) in [5.74, 6) is -0.00231. The van der Waals surface area contributed by atoms with E-state index in [1.165, 1.54) is 0 Å². The van der Waals surface area contributed by atoms with Crippen LogP contribution >= 0.6 is 0 Å². The van der Waals surface area contributed by atoms with E-state index in [0.717, 1.165) is 25.8 Å². The van der Waals surface area contributed by atoms with Crippen LogP contribution in [0.5, 0.6) is 0 Å². The van der Waals surface area contributed by atoms with E-state index in [-0.39, 0.29) is 17.0 Å². The summed E-state index contributed by atoms with van der Waals surface area (Å²) in [6.07, 6.45) is 3.10. The van der Waals surface area contributed by atoms with Crippen molar-refractivity contribution < 1.29 is 9.53 Å². The predicted octanol–water partition coefficient (Wildman–Crippen LogP) is 1.47. The van der Waals surface area contributed by atoms with Crippen molar-refractivity contribution in [3.63, 3.8) is 0 Å². The molecule has 1 heterocycles. The molecule has 1 aliphatic carbocycles. The van der Waals surface area contributed by atoms with Crippen LogP contribution in [0.25, 0.3) is 0 Å². The Morgan fingerprint density at radius 3 is 2.57 bits per heavy atom. The van der Waals surface area contributed by atoms with E-state index < -0.39 is 0 Å². The number of esters is 1. The molecule has 1 aliphatic heterocycles. The number of fused-ring (bicyclic) bond motifs is 2. The lowest BCUT2D eigenvalue weighted by Crippen LogP contribution is -2.40. The largest absolute Gasteiger partial charge is 0.460 e. The van der Waals surface area contributed by atoms with Gasteiger partial charge >= 0.3 is 5.97 Å². The van der Waals surface area contributed by atoms with Gasteiger partial charge in [0.1, 0.15) is 5.60 Å². The molecule has 2 aliphatic rings. The molecule has 0 aromatic heterocycles. The van der Waals surface area contributed by atoms with Crippen molar-refractivity contribution in [2.24, 2.45) is 5.41 Å². The summed E-state index contributed by atoms with van der Waals surface area (Å²) in [7, 11) is 0. The second-order valence-electron chi connectivity index (χ2n) is 5.60. The summed E-state index contributed by atoms with van der Waals surface area (Å²) < 4.78 is 5.46.